The summed E-state index contributed by atoms with van der Waals surface area (Å²) in [6, 6.07) is -0.260. The van der Waals surface area contributed by atoms with Crippen LogP contribution in [0.5, 0.6) is 0 Å². The third-order valence-corrected chi connectivity index (χ3v) is 4.86. The number of carbonyl (C=O) groups is 2. The molecule has 19 heavy (non-hydrogen) atoms. The smallest absolute Gasteiger partial charge is 0.410 e. The number of Topliss-reactive ketones (excluding diaryl/α,β-unsaturated/α-hetero) is 1. The van der Waals surface area contributed by atoms with E-state index in [1.54, 1.807) is 4.90 Å². The van der Waals surface area contributed by atoms with E-state index in [-0.39, 0.29) is 24.0 Å². The highest BCUT2D eigenvalue weighted by atomic mass is 32.3. The van der Waals surface area contributed by atoms with E-state index in [2.05, 4.69) is 18.8 Å². The number of fused-ring (bicyclic) bond motifs is 2. The lowest BCUT2D eigenvalue weighted by molar-refractivity contribution is -0.133. The Kier molecular flexibility index (Phi) is 4.40. The van der Waals surface area contributed by atoms with Crippen molar-refractivity contribution in [2.45, 2.75) is 24.9 Å². The standard InChI is InChI=1S/C13H23NO4S/c1-19(2,3)5-4-18-13(16)14-10-6-12(15)7-11(14)9-17-8-10/h10-11H,4-9H2,1-3H3. The van der Waals surface area contributed by atoms with Gasteiger partial charge < -0.3 is 9.47 Å². The van der Waals surface area contributed by atoms with E-state index in [1.807, 2.05) is 0 Å². The van der Waals surface area contributed by atoms with Gasteiger partial charge in [-0.3, -0.25) is 9.69 Å². The van der Waals surface area contributed by atoms with Crippen LogP contribution in [0.3, 0.4) is 0 Å². The predicted molar refractivity (Wildman–Crippen MR) is 76.1 cm³/mol. The van der Waals surface area contributed by atoms with Gasteiger partial charge in [0.1, 0.15) is 12.4 Å². The summed E-state index contributed by atoms with van der Waals surface area (Å²) in [4.78, 5) is 25.4. The Morgan fingerprint density at radius 2 is 1.89 bits per heavy atom. The SMILES string of the molecule is CS(C)(C)CCOC(=O)N1C2COCC1CC(=O)C2. The number of hydrogen-bond donors (Lipinski definition) is 0. The molecule has 0 aliphatic carbocycles. The van der Waals surface area contributed by atoms with Crippen molar-refractivity contribution in [2.24, 2.45) is 0 Å². The number of morpholine rings is 1. The van der Waals surface area contributed by atoms with Crippen LogP contribution in [0.4, 0.5) is 4.79 Å². The minimum Gasteiger partial charge on any atom is -0.449 e. The third-order valence-electron chi connectivity index (χ3n) is 3.47. The number of hydrogen-bond acceptors (Lipinski definition) is 4. The summed E-state index contributed by atoms with van der Waals surface area (Å²) in [5.74, 6) is 1.14. The molecule has 0 saturated carbocycles. The summed E-state index contributed by atoms with van der Waals surface area (Å²) in [6.45, 7) is 1.35. The third kappa shape index (κ3) is 3.86. The highest BCUT2D eigenvalue weighted by molar-refractivity contribution is 8.32. The van der Waals surface area contributed by atoms with Crippen LogP contribution in [0.15, 0.2) is 0 Å². The Bertz CT molecular complexity index is 350. The molecule has 0 spiro atoms. The summed E-state index contributed by atoms with van der Waals surface area (Å²) in [5.41, 5.74) is 0. The lowest BCUT2D eigenvalue weighted by Gasteiger charge is -2.44. The van der Waals surface area contributed by atoms with Crippen molar-refractivity contribution in [2.75, 3.05) is 44.3 Å². The molecule has 2 unspecified atom stereocenters. The zero-order valence-electron chi connectivity index (χ0n) is 11.9. The number of piperidine rings is 1. The van der Waals surface area contributed by atoms with Gasteiger partial charge in [0.15, 0.2) is 0 Å². The quantitative estimate of drug-likeness (QED) is 0.784. The van der Waals surface area contributed by atoms with Crippen LogP contribution in [-0.2, 0) is 14.3 Å². The number of carbonyl (C=O) groups excluding carboxylic acids is 2. The first-order valence-corrected chi connectivity index (χ1v) is 9.60. The van der Waals surface area contributed by atoms with Gasteiger partial charge in [-0.05, 0) is 18.8 Å². The fourth-order valence-electron chi connectivity index (χ4n) is 2.47. The van der Waals surface area contributed by atoms with E-state index in [0.717, 1.165) is 5.75 Å². The summed E-state index contributed by atoms with van der Waals surface area (Å²) >= 11 is 0. The van der Waals surface area contributed by atoms with Crippen molar-refractivity contribution in [3.8, 4) is 0 Å². The van der Waals surface area contributed by atoms with E-state index in [1.165, 1.54) is 0 Å². The highest BCUT2D eigenvalue weighted by Crippen LogP contribution is 2.34. The van der Waals surface area contributed by atoms with Gasteiger partial charge >= 0.3 is 6.09 Å². The van der Waals surface area contributed by atoms with Gasteiger partial charge in [0.05, 0.1) is 25.3 Å². The second-order valence-electron chi connectivity index (χ2n) is 6.11. The lowest BCUT2D eigenvalue weighted by atomic mass is 9.94. The molecule has 2 atom stereocenters. The number of amides is 1. The molecular formula is C13H23NO4S. The number of ketones is 1. The van der Waals surface area contributed by atoms with Crippen molar-refractivity contribution < 1.29 is 19.1 Å². The Morgan fingerprint density at radius 3 is 2.42 bits per heavy atom. The van der Waals surface area contributed by atoms with Crippen LogP contribution < -0.4 is 0 Å². The molecule has 0 aromatic carbocycles. The van der Waals surface area contributed by atoms with E-state index in [0.29, 0.717) is 32.7 Å². The molecule has 0 aromatic heterocycles. The molecule has 2 heterocycles. The average Bonchev–Trinajstić information content (AvgIpc) is 2.25. The fourth-order valence-corrected chi connectivity index (χ4v) is 3.06. The van der Waals surface area contributed by atoms with Crippen LogP contribution in [0, 0.1) is 0 Å². The van der Waals surface area contributed by atoms with Crippen LogP contribution in [0.1, 0.15) is 12.8 Å². The maximum absolute atomic E-state index is 12.2. The first-order chi connectivity index (χ1) is 8.87. The van der Waals surface area contributed by atoms with Gasteiger partial charge in [-0.1, -0.05) is 0 Å². The van der Waals surface area contributed by atoms with Gasteiger partial charge in [-0.15, -0.1) is 0 Å². The molecule has 110 valence electrons. The minimum absolute atomic E-state index is 0.130. The van der Waals surface area contributed by atoms with Gasteiger partial charge in [0.25, 0.3) is 0 Å². The largest absolute Gasteiger partial charge is 0.449 e. The summed E-state index contributed by atoms with van der Waals surface area (Å²) in [5, 5.41) is 0. The van der Waals surface area contributed by atoms with Crippen molar-refractivity contribution in [3.63, 3.8) is 0 Å². The minimum atomic E-state index is -0.652. The van der Waals surface area contributed by atoms with Crippen molar-refractivity contribution in [1.82, 2.24) is 4.90 Å². The number of ether oxygens (including phenoxy) is 2. The van der Waals surface area contributed by atoms with Crippen molar-refractivity contribution >= 4 is 21.9 Å². The second-order valence-corrected chi connectivity index (χ2v) is 10.7. The Morgan fingerprint density at radius 1 is 1.32 bits per heavy atom. The Labute approximate surface area is 115 Å². The van der Waals surface area contributed by atoms with Gasteiger partial charge in [-0.2, -0.15) is 0 Å². The molecule has 6 heteroatoms. The topological polar surface area (TPSA) is 55.8 Å². The molecule has 2 saturated heterocycles. The van der Waals surface area contributed by atoms with E-state index < -0.39 is 10.0 Å². The monoisotopic (exact) mass is 289 g/mol. The molecular weight excluding hydrogens is 266 g/mol. The molecule has 2 fully saturated rings. The first-order valence-electron chi connectivity index (χ1n) is 6.57. The van der Waals surface area contributed by atoms with Crippen LogP contribution in [0.25, 0.3) is 0 Å². The van der Waals surface area contributed by atoms with Crippen LogP contribution >= 0.6 is 10.0 Å². The first kappa shape index (κ1) is 14.7. The molecule has 2 bridgehead atoms. The normalized spacial score (nSPS) is 28.2. The molecule has 0 N–H and O–H groups in total. The number of rotatable bonds is 3. The van der Waals surface area contributed by atoms with Gasteiger partial charge in [-0.25, -0.2) is 14.8 Å². The predicted octanol–water partition coefficient (Wildman–Crippen LogP) is 1.25. The molecule has 2 aliphatic heterocycles. The molecule has 1 amide bonds. The summed E-state index contributed by atoms with van der Waals surface area (Å²) in [6.07, 6.45) is 7.11. The Balaban J connectivity index is 1.89. The average molecular weight is 289 g/mol. The maximum Gasteiger partial charge on any atom is 0.410 e. The van der Waals surface area contributed by atoms with Crippen molar-refractivity contribution in [3.05, 3.63) is 0 Å². The molecule has 0 radical (unpaired) electrons. The summed E-state index contributed by atoms with van der Waals surface area (Å²) in [7, 11) is -0.652. The molecule has 2 aliphatic rings. The van der Waals surface area contributed by atoms with Crippen LogP contribution in [-0.4, -0.2) is 73.2 Å². The van der Waals surface area contributed by atoms with Crippen molar-refractivity contribution in [1.29, 1.82) is 0 Å². The maximum atomic E-state index is 12.2. The zero-order chi connectivity index (χ0) is 14.0. The second kappa shape index (κ2) is 5.71. The lowest BCUT2D eigenvalue weighted by Crippen LogP contribution is -2.59. The van der Waals surface area contributed by atoms with Gasteiger partial charge in [0.2, 0.25) is 0 Å². The van der Waals surface area contributed by atoms with E-state index >= 15 is 0 Å². The van der Waals surface area contributed by atoms with E-state index in [4.69, 9.17) is 9.47 Å². The zero-order valence-corrected chi connectivity index (χ0v) is 12.7. The highest BCUT2D eigenvalue weighted by Gasteiger charge is 2.41. The molecule has 2 rings (SSSR count). The van der Waals surface area contributed by atoms with Gasteiger partial charge in [0, 0.05) is 18.6 Å². The fraction of sp³-hybridized carbons (Fsp3) is 0.846. The number of nitrogens with zero attached hydrogens (tertiary/aromatic N) is 1. The molecule has 0 aromatic rings. The summed E-state index contributed by atoms with van der Waals surface area (Å²) < 4.78 is 10.8. The van der Waals surface area contributed by atoms with Crippen LogP contribution in [0.2, 0.25) is 0 Å². The molecule has 5 nitrogen and oxygen atoms in total. The Hall–Kier alpha value is -0.750. The van der Waals surface area contributed by atoms with E-state index in [9.17, 15) is 9.59 Å².